The van der Waals surface area contributed by atoms with Crippen LogP contribution in [0.3, 0.4) is 0 Å². The molecule has 1 heterocycles. The summed E-state index contributed by atoms with van der Waals surface area (Å²) in [6, 6.07) is 17.6. The Morgan fingerprint density at radius 1 is 1.00 bits per heavy atom. The van der Waals surface area contributed by atoms with Crippen molar-refractivity contribution in [3.8, 4) is 11.3 Å². The SMILES string of the molecule is Cc1cc(NC(=O)COC(=O)c2cc(-c3ccc(Cl)cc3Cl)nc3ccccc23)cc(C)c1Br. The molecule has 0 spiro atoms. The summed E-state index contributed by atoms with van der Waals surface area (Å²) in [5.74, 6) is -1.07. The average molecular weight is 558 g/mol. The minimum absolute atomic E-state index is 0.287. The largest absolute Gasteiger partial charge is 0.452 e. The van der Waals surface area contributed by atoms with Crippen LogP contribution in [0.5, 0.6) is 0 Å². The first-order chi connectivity index (χ1) is 16.2. The number of aromatic nitrogens is 1. The molecule has 0 atom stereocenters. The smallest absolute Gasteiger partial charge is 0.339 e. The summed E-state index contributed by atoms with van der Waals surface area (Å²) < 4.78 is 6.34. The number of aryl methyl sites for hydroxylation is 2. The van der Waals surface area contributed by atoms with Crippen molar-refractivity contribution >= 4 is 67.6 Å². The lowest BCUT2D eigenvalue weighted by molar-refractivity contribution is -0.119. The lowest BCUT2D eigenvalue weighted by Crippen LogP contribution is -2.21. The molecule has 0 fully saturated rings. The third-order valence-electron chi connectivity index (χ3n) is 5.20. The second-order valence-corrected chi connectivity index (χ2v) is 9.38. The molecule has 0 aliphatic carbocycles. The second kappa shape index (κ2) is 10.1. The number of benzene rings is 3. The van der Waals surface area contributed by atoms with E-state index in [1.807, 2.05) is 32.0 Å². The molecular formula is C26H19BrCl2N2O3. The Hall–Kier alpha value is -2.93. The topological polar surface area (TPSA) is 68.3 Å². The van der Waals surface area contributed by atoms with E-state index in [-0.39, 0.29) is 5.56 Å². The fraction of sp³-hybridized carbons (Fsp3) is 0.115. The Labute approximate surface area is 215 Å². The summed E-state index contributed by atoms with van der Waals surface area (Å²) in [5.41, 5.74) is 4.63. The highest BCUT2D eigenvalue weighted by Gasteiger charge is 2.18. The highest BCUT2D eigenvalue weighted by atomic mass is 79.9. The lowest BCUT2D eigenvalue weighted by Gasteiger charge is -2.12. The van der Waals surface area contributed by atoms with Crippen LogP contribution in [0, 0.1) is 13.8 Å². The van der Waals surface area contributed by atoms with Gasteiger partial charge in [0.2, 0.25) is 0 Å². The Bertz CT molecular complexity index is 1420. The van der Waals surface area contributed by atoms with Crippen molar-refractivity contribution in [2.75, 3.05) is 11.9 Å². The predicted molar refractivity (Wildman–Crippen MR) is 140 cm³/mol. The summed E-state index contributed by atoms with van der Waals surface area (Å²) >= 11 is 15.9. The van der Waals surface area contributed by atoms with E-state index in [4.69, 9.17) is 27.9 Å². The van der Waals surface area contributed by atoms with Crippen LogP contribution < -0.4 is 5.32 Å². The highest BCUT2D eigenvalue weighted by molar-refractivity contribution is 9.10. The van der Waals surface area contributed by atoms with E-state index in [2.05, 4.69) is 26.2 Å². The van der Waals surface area contributed by atoms with Crippen LogP contribution in [0.2, 0.25) is 10.0 Å². The van der Waals surface area contributed by atoms with Gasteiger partial charge in [0.25, 0.3) is 5.91 Å². The molecule has 1 N–H and O–H groups in total. The average Bonchev–Trinajstić information content (AvgIpc) is 2.80. The zero-order chi connectivity index (χ0) is 24.4. The van der Waals surface area contributed by atoms with Gasteiger partial charge in [-0.25, -0.2) is 9.78 Å². The number of carbonyl (C=O) groups excluding carboxylic acids is 2. The van der Waals surface area contributed by atoms with Gasteiger partial charge in [-0.1, -0.05) is 57.3 Å². The first-order valence-corrected chi connectivity index (χ1v) is 11.9. The minimum atomic E-state index is -0.636. The van der Waals surface area contributed by atoms with Gasteiger partial charge in [-0.2, -0.15) is 0 Å². The number of halogens is 3. The van der Waals surface area contributed by atoms with Gasteiger partial charge in [-0.15, -0.1) is 0 Å². The van der Waals surface area contributed by atoms with E-state index in [1.54, 1.807) is 42.5 Å². The zero-order valence-electron chi connectivity index (χ0n) is 18.3. The molecule has 5 nitrogen and oxygen atoms in total. The molecule has 0 aliphatic rings. The van der Waals surface area contributed by atoms with Gasteiger partial charge in [0.05, 0.1) is 21.8 Å². The zero-order valence-corrected chi connectivity index (χ0v) is 21.4. The molecule has 3 aromatic carbocycles. The van der Waals surface area contributed by atoms with Gasteiger partial charge < -0.3 is 10.1 Å². The van der Waals surface area contributed by atoms with Crippen molar-refractivity contribution in [3.63, 3.8) is 0 Å². The molecule has 4 aromatic rings. The van der Waals surface area contributed by atoms with Crippen molar-refractivity contribution in [2.45, 2.75) is 13.8 Å². The third kappa shape index (κ3) is 5.25. The van der Waals surface area contributed by atoms with Gasteiger partial charge >= 0.3 is 5.97 Å². The number of nitrogens with zero attached hydrogens (tertiary/aromatic N) is 1. The maximum atomic E-state index is 13.0. The fourth-order valence-electron chi connectivity index (χ4n) is 3.60. The van der Waals surface area contributed by atoms with E-state index in [0.717, 1.165) is 15.6 Å². The van der Waals surface area contributed by atoms with E-state index in [0.29, 0.717) is 37.9 Å². The van der Waals surface area contributed by atoms with Crippen LogP contribution >= 0.6 is 39.1 Å². The maximum Gasteiger partial charge on any atom is 0.339 e. The van der Waals surface area contributed by atoms with Gasteiger partial charge in [0, 0.05) is 26.1 Å². The molecule has 34 heavy (non-hydrogen) atoms. The number of esters is 1. The highest BCUT2D eigenvalue weighted by Crippen LogP contribution is 2.32. The van der Waals surface area contributed by atoms with Crippen LogP contribution in [0.15, 0.2) is 65.1 Å². The molecule has 4 rings (SSSR count). The molecule has 0 unspecified atom stereocenters. The van der Waals surface area contributed by atoms with Crippen LogP contribution in [0.1, 0.15) is 21.5 Å². The second-order valence-electron chi connectivity index (χ2n) is 7.74. The molecule has 1 amide bonds. The predicted octanol–water partition coefficient (Wildman–Crippen LogP) is 7.38. The number of pyridine rings is 1. The van der Waals surface area contributed by atoms with Crippen LogP contribution in [0.4, 0.5) is 5.69 Å². The van der Waals surface area contributed by atoms with Crippen molar-refractivity contribution in [3.05, 3.63) is 91.9 Å². The Morgan fingerprint density at radius 2 is 1.71 bits per heavy atom. The van der Waals surface area contributed by atoms with Crippen LogP contribution in [-0.4, -0.2) is 23.5 Å². The number of rotatable bonds is 5. The molecule has 1 aromatic heterocycles. The summed E-state index contributed by atoms with van der Waals surface area (Å²) in [7, 11) is 0. The molecule has 0 bridgehead atoms. The number of hydrogen-bond acceptors (Lipinski definition) is 4. The summed E-state index contributed by atoms with van der Waals surface area (Å²) in [6.45, 7) is 3.44. The number of nitrogens with one attached hydrogen (secondary N) is 1. The molecular weight excluding hydrogens is 539 g/mol. The molecule has 8 heteroatoms. The number of ether oxygens (including phenoxy) is 1. The van der Waals surface area contributed by atoms with E-state index in [1.165, 1.54) is 0 Å². The first kappa shape index (κ1) is 24.2. The summed E-state index contributed by atoms with van der Waals surface area (Å²) in [5, 5.41) is 4.29. The third-order valence-corrected chi connectivity index (χ3v) is 7.00. The Balaban J connectivity index is 1.58. The fourth-order valence-corrected chi connectivity index (χ4v) is 4.34. The number of amides is 1. The van der Waals surface area contributed by atoms with Crippen molar-refractivity contribution < 1.29 is 14.3 Å². The summed E-state index contributed by atoms with van der Waals surface area (Å²) in [6.07, 6.45) is 0. The molecule has 0 saturated carbocycles. The number of fused-ring (bicyclic) bond motifs is 1. The van der Waals surface area contributed by atoms with Crippen molar-refractivity contribution in [2.24, 2.45) is 0 Å². The van der Waals surface area contributed by atoms with E-state index in [9.17, 15) is 9.59 Å². The lowest BCUT2D eigenvalue weighted by atomic mass is 10.0. The quantitative estimate of drug-likeness (QED) is 0.260. The van der Waals surface area contributed by atoms with Gasteiger partial charge in [0.15, 0.2) is 6.61 Å². The van der Waals surface area contributed by atoms with Gasteiger partial charge in [-0.05, 0) is 67.4 Å². The molecule has 172 valence electrons. The summed E-state index contributed by atoms with van der Waals surface area (Å²) in [4.78, 5) is 30.1. The Morgan fingerprint density at radius 3 is 2.41 bits per heavy atom. The number of para-hydroxylation sites is 1. The Kier molecular flexibility index (Phi) is 7.22. The number of hydrogen-bond donors (Lipinski definition) is 1. The number of carbonyl (C=O) groups is 2. The van der Waals surface area contributed by atoms with Crippen LogP contribution in [0.25, 0.3) is 22.2 Å². The van der Waals surface area contributed by atoms with Crippen LogP contribution in [-0.2, 0) is 9.53 Å². The van der Waals surface area contributed by atoms with Gasteiger partial charge in [-0.3, -0.25) is 4.79 Å². The van der Waals surface area contributed by atoms with E-state index >= 15 is 0 Å². The minimum Gasteiger partial charge on any atom is -0.452 e. The normalized spacial score (nSPS) is 10.9. The van der Waals surface area contributed by atoms with E-state index < -0.39 is 18.5 Å². The standard InChI is InChI=1S/C26H19BrCl2N2O3/c1-14-9-17(10-15(2)25(14)27)30-24(32)13-34-26(33)20-12-23(19-8-7-16(28)11-21(19)29)31-22-6-4-3-5-18(20)22/h3-12H,13H2,1-2H3,(H,30,32). The van der Waals surface area contributed by atoms with Crippen molar-refractivity contribution in [1.82, 2.24) is 4.98 Å². The molecule has 0 saturated heterocycles. The first-order valence-electron chi connectivity index (χ1n) is 10.3. The van der Waals surface area contributed by atoms with Gasteiger partial charge in [0.1, 0.15) is 0 Å². The number of anilines is 1. The monoisotopic (exact) mass is 556 g/mol. The molecule has 0 radical (unpaired) electrons. The maximum absolute atomic E-state index is 13.0. The molecule has 0 aliphatic heterocycles. The van der Waals surface area contributed by atoms with Crippen molar-refractivity contribution in [1.29, 1.82) is 0 Å².